The summed E-state index contributed by atoms with van der Waals surface area (Å²) in [7, 11) is 0. The Kier molecular flexibility index (Phi) is 6.69. The van der Waals surface area contributed by atoms with Gasteiger partial charge in [-0.1, -0.05) is 59.5 Å². The lowest BCUT2D eigenvalue weighted by molar-refractivity contribution is -0.137. The summed E-state index contributed by atoms with van der Waals surface area (Å²) in [5.74, 6) is -1.28. The molecule has 0 saturated carbocycles. The number of thioether (sulfide) groups is 1. The summed E-state index contributed by atoms with van der Waals surface area (Å²) in [6.07, 6.45) is -3.11. The molecule has 0 radical (unpaired) electrons. The van der Waals surface area contributed by atoms with Crippen LogP contribution in [0.3, 0.4) is 0 Å². The maximum Gasteiger partial charge on any atom is 0.416 e. The molecule has 1 aliphatic heterocycles. The topological polar surface area (TPSA) is 63.2 Å². The van der Waals surface area contributed by atoms with Gasteiger partial charge < -0.3 is 0 Å². The molecule has 2 aromatic carbocycles. The molecule has 0 spiro atoms. The number of halogens is 4. The number of aromatic nitrogens is 2. The average Bonchev–Trinajstić information content (AvgIpc) is 3.31. The zero-order chi connectivity index (χ0) is 25.4. The van der Waals surface area contributed by atoms with E-state index >= 15 is 0 Å². The molecule has 0 unspecified atom stereocenters. The van der Waals surface area contributed by atoms with Gasteiger partial charge in [0.2, 0.25) is 11.0 Å². The van der Waals surface area contributed by atoms with Crippen molar-refractivity contribution in [3.8, 4) is 0 Å². The molecule has 2 aliphatic rings. The first kappa shape index (κ1) is 24.6. The molecule has 1 amide bonds. The molecule has 36 heavy (non-hydrogen) atoms. The van der Waals surface area contributed by atoms with Gasteiger partial charge in [-0.15, -0.1) is 10.2 Å². The molecule has 5 rings (SSSR count). The summed E-state index contributed by atoms with van der Waals surface area (Å²) in [5, 5.41) is 8.54. The minimum Gasteiger partial charge on any atom is -0.294 e. The molecule has 0 N–H and O–H groups in total. The van der Waals surface area contributed by atoms with Crippen molar-refractivity contribution in [1.29, 1.82) is 0 Å². The number of allylic oxidation sites excluding steroid dienone is 2. The summed E-state index contributed by atoms with van der Waals surface area (Å²) in [6.45, 7) is 0. The summed E-state index contributed by atoms with van der Waals surface area (Å²) in [4.78, 5) is 27.6. The second kappa shape index (κ2) is 9.78. The molecular weight excluding hydrogens is 514 g/mol. The van der Waals surface area contributed by atoms with Crippen LogP contribution in [0.25, 0.3) is 0 Å². The van der Waals surface area contributed by atoms with Gasteiger partial charge in [0, 0.05) is 35.8 Å². The van der Waals surface area contributed by atoms with Gasteiger partial charge in [-0.2, -0.15) is 13.2 Å². The highest BCUT2D eigenvalue weighted by Crippen LogP contribution is 2.45. The number of benzene rings is 2. The molecule has 3 aromatic rings. The lowest BCUT2D eigenvalue weighted by Gasteiger charge is -2.36. The van der Waals surface area contributed by atoms with Crippen molar-refractivity contribution in [3.05, 3.63) is 82.3 Å². The lowest BCUT2D eigenvalue weighted by atomic mass is 9.77. The second-order valence-corrected chi connectivity index (χ2v) is 10.7. The van der Waals surface area contributed by atoms with Crippen molar-refractivity contribution < 1.29 is 27.2 Å². The molecule has 0 fully saturated rings. The Morgan fingerprint density at radius 1 is 1.06 bits per heavy atom. The highest BCUT2D eigenvalue weighted by Gasteiger charge is 2.41. The molecule has 186 valence electrons. The number of Topliss-reactive ketones (excluding diaryl/α,β-unsaturated/α-hetero) is 1. The fourth-order valence-electron chi connectivity index (χ4n) is 4.57. The normalized spacial score (nSPS) is 18.6. The molecule has 1 aliphatic carbocycles. The number of carbonyl (C=O) groups is 2. The number of nitrogens with zero attached hydrogens (tertiary/aromatic N) is 3. The molecule has 0 saturated heterocycles. The van der Waals surface area contributed by atoms with E-state index in [-0.39, 0.29) is 23.9 Å². The quantitative estimate of drug-likeness (QED) is 0.212. The summed E-state index contributed by atoms with van der Waals surface area (Å²) >= 11 is 2.35. The molecule has 1 aromatic heterocycles. The van der Waals surface area contributed by atoms with Gasteiger partial charge in [0.1, 0.15) is 5.82 Å². The fourth-order valence-corrected chi connectivity index (χ4v) is 6.40. The van der Waals surface area contributed by atoms with Crippen LogP contribution in [-0.2, 0) is 21.5 Å². The van der Waals surface area contributed by atoms with E-state index in [0.29, 0.717) is 51.1 Å². The van der Waals surface area contributed by atoms with Crippen molar-refractivity contribution in [2.75, 3.05) is 4.90 Å². The van der Waals surface area contributed by atoms with Gasteiger partial charge >= 0.3 is 6.18 Å². The SMILES string of the molecule is O=C1CCCC2=C1[C@H](c1ccccc1F)CC(=O)N2c1nnc(SCc2cccc(C(F)(F)F)c2)s1. The minimum absolute atomic E-state index is 0.0716. The van der Waals surface area contributed by atoms with E-state index in [1.807, 2.05) is 0 Å². The maximum atomic E-state index is 14.6. The first-order valence-electron chi connectivity index (χ1n) is 11.2. The average molecular weight is 534 g/mol. The number of amides is 1. The van der Waals surface area contributed by atoms with Crippen LogP contribution in [0.1, 0.15) is 48.3 Å². The van der Waals surface area contributed by atoms with Crippen LogP contribution in [-0.4, -0.2) is 21.9 Å². The molecular formula is C25H19F4N3O2S2. The molecule has 11 heteroatoms. The number of hydrogen-bond acceptors (Lipinski definition) is 6. The van der Waals surface area contributed by atoms with E-state index in [9.17, 15) is 27.2 Å². The Hall–Kier alpha value is -3.05. The Morgan fingerprint density at radius 3 is 2.64 bits per heavy atom. The van der Waals surface area contributed by atoms with Crippen LogP contribution in [0.2, 0.25) is 0 Å². The largest absolute Gasteiger partial charge is 0.416 e. The van der Waals surface area contributed by atoms with Crippen LogP contribution in [0.15, 0.2) is 64.1 Å². The second-order valence-electron chi connectivity index (χ2n) is 8.48. The zero-order valence-corrected chi connectivity index (χ0v) is 20.4. The van der Waals surface area contributed by atoms with Crippen LogP contribution in [0.5, 0.6) is 0 Å². The third-order valence-corrected chi connectivity index (χ3v) is 8.27. The number of rotatable bonds is 5. The zero-order valence-electron chi connectivity index (χ0n) is 18.7. The number of ketones is 1. The Labute approximate surface area is 212 Å². The third kappa shape index (κ3) is 4.81. The van der Waals surface area contributed by atoms with Crippen LogP contribution in [0.4, 0.5) is 22.7 Å². The molecule has 0 bridgehead atoms. The lowest BCUT2D eigenvalue weighted by Crippen LogP contribution is -2.40. The Bertz CT molecular complexity index is 1370. The third-order valence-electron chi connectivity index (χ3n) is 6.16. The van der Waals surface area contributed by atoms with Crippen molar-refractivity contribution in [3.63, 3.8) is 0 Å². The van der Waals surface area contributed by atoms with Crippen LogP contribution < -0.4 is 4.90 Å². The fraction of sp³-hybridized carbons (Fsp3) is 0.280. The smallest absolute Gasteiger partial charge is 0.294 e. The van der Waals surface area contributed by atoms with Crippen molar-refractivity contribution >= 4 is 39.9 Å². The van der Waals surface area contributed by atoms with Crippen molar-refractivity contribution in [2.45, 2.75) is 47.9 Å². The van der Waals surface area contributed by atoms with Crippen LogP contribution >= 0.6 is 23.1 Å². The Morgan fingerprint density at radius 2 is 1.86 bits per heavy atom. The standard InChI is InChI=1S/C25H19F4N3O2S2/c26-18-8-2-1-7-16(18)17-12-21(34)32(19-9-4-10-20(33)22(17)19)23-30-31-24(36-23)35-13-14-5-3-6-15(11-14)25(27,28)29/h1-3,5-8,11,17H,4,9-10,12-13H2/t17-/m0/s1. The highest BCUT2D eigenvalue weighted by atomic mass is 32.2. The first-order valence-corrected chi connectivity index (χ1v) is 13.0. The number of hydrogen-bond donors (Lipinski definition) is 0. The highest BCUT2D eigenvalue weighted by molar-refractivity contribution is 8.00. The molecule has 1 atom stereocenters. The predicted octanol–water partition coefficient (Wildman–Crippen LogP) is 6.52. The van der Waals surface area contributed by atoms with E-state index in [1.165, 1.54) is 28.8 Å². The van der Waals surface area contributed by atoms with Crippen molar-refractivity contribution in [1.82, 2.24) is 10.2 Å². The van der Waals surface area contributed by atoms with Gasteiger partial charge in [0.15, 0.2) is 10.1 Å². The van der Waals surface area contributed by atoms with Gasteiger partial charge in [-0.3, -0.25) is 14.5 Å². The minimum atomic E-state index is -4.42. The summed E-state index contributed by atoms with van der Waals surface area (Å²) in [6, 6.07) is 11.2. The predicted molar refractivity (Wildman–Crippen MR) is 128 cm³/mol. The van der Waals surface area contributed by atoms with E-state index in [2.05, 4.69) is 10.2 Å². The summed E-state index contributed by atoms with van der Waals surface area (Å²) in [5.41, 5.74) is 1.06. The van der Waals surface area contributed by atoms with E-state index in [4.69, 9.17) is 0 Å². The van der Waals surface area contributed by atoms with Gasteiger partial charge in [-0.05, 0) is 36.1 Å². The number of alkyl halides is 3. The van der Waals surface area contributed by atoms with Crippen molar-refractivity contribution in [2.24, 2.45) is 0 Å². The van der Waals surface area contributed by atoms with Gasteiger partial charge in [0.25, 0.3) is 0 Å². The van der Waals surface area contributed by atoms with E-state index in [1.54, 1.807) is 24.3 Å². The summed E-state index contributed by atoms with van der Waals surface area (Å²) < 4.78 is 54.0. The molecule has 2 heterocycles. The monoisotopic (exact) mass is 533 g/mol. The Balaban J connectivity index is 1.41. The van der Waals surface area contributed by atoms with Crippen LogP contribution in [0, 0.1) is 5.82 Å². The van der Waals surface area contributed by atoms with E-state index < -0.39 is 23.5 Å². The van der Waals surface area contributed by atoms with E-state index in [0.717, 1.165) is 23.5 Å². The van der Waals surface area contributed by atoms with Gasteiger partial charge in [-0.25, -0.2) is 4.39 Å². The first-order chi connectivity index (χ1) is 17.2. The molecule has 5 nitrogen and oxygen atoms in total. The maximum absolute atomic E-state index is 14.6. The number of anilines is 1. The van der Waals surface area contributed by atoms with Gasteiger partial charge in [0.05, 0.1) is 5.56 Å². The number of carbonyl (C=O) groups excluding carboxylic acids is 2.